The van der Waals surface area contributed by atoms with Crippen molar-refractivity contribution >= 4 is 23.5 Å². The number of esters is 1. The molecule has 3 aromatic rings. The zero-order valence-electron chi connectivity index (χ0n) is 19.0. The maximum absolute atomic E-state index is 12.9. The van der Waals surface area contributed by atoms with Gasteiger partial charge in [-0.3, -0.25) is 14.4 Å². The average molecular weight is 445 g/mol. The van der Waals surface area contributed by atoms with E-state index in [2.05, 4.69) is 10.6 Å². The molecular formula is C27H28N2O4. The average Bonchev–Trinajstić information content (AvgIpc) is 2.79. The van der Waals surface area contributed by atoms with Crippen LogP contribution in [0.3, 0.4) is 0 Å². The van der Waals surface area contributed by atoms with Crippen molar-refractivity contribution in [3.63, 3.8) is 0 Å². The summed E-state index contributed by atoms with van der Waals surface area (Å²) in [7, 11) is 0. The fourth-order valence-electron chi connectivity index (χ4n) is 3.27. The number of hydrogen-bond acceptors (Lipinski definition) is 4. The molecule has 0 spiro atoms. The molecule has 1 atom stereocenters. The van der Waals surface area contributed by atoms with Crippen molar-refractivity contribution in [1.29, 1.82) is 0 Å². The summed E-state index contributed by atoms with van der Waals surface area (Å²) in [6, 6.07) is 22.6. The first-order valence-corrected chi connectivity index (χ1v) is 10.8. The summed E-state index contributed by atoms with van der Waals surface area (Å²) in [4.78, 5) is 37.5. The molecule has 2 N–H and O–H groups in total. The lowest BCUT2D eigenvalue weighted by molar-refractivity contribution is -0.147. The Labute approximate surface area is 194 Å². The van der Waals surface area contributed by atoms with E-state index in [0.717, 1.165) is 11.1 Å². The largest absolute Gasteiger partial charge is 0.463 e. The Morgan fingerprint density at radius 3 is 2.00 bits per heavy atom. The molecule has 2 amide bonds. The predicted molar refractivity (Wildman–Crippen MR) is 128 cm³/mol. The van der Waals surface area contributed by atoms with E-state index in [0.29, 0.717) is 16.8 Å². The lowest BCUT2D eigenvalue weighted by Gasteiger charge is -2.20. The number of benzene rings is 3. The minimum atomic E-state index is -0.526. The summed E-state index contributed by atoms with van der Waals surface area (Å²) in [5.74, 6) is -0.926. The van der Waals surface area contributed by atoms with Crippen LogP contribution in [0.15, 0.2) is 78.9 Å². The van der Waals surface area contributed by atoms with E-state index in [1.54, 1.807) is 62.4 Å². The van der Waals surface area contributed by atoms with Crippen LogP contribution in [0.5, 0.6) is 0 Å². The highest BCUT2D eigenvalue weighted by molar-refractivity contribution is 6.04. The van der Waals surface area contributed by atoms with Crippen LogP contribution in [-0.2, 0) is 9.53 Å². The van der Waals surface area contributed by atoms with Gasteiger partial charge in [-0.15, -0.1) is 0 Å². The van der Waals surface area contributed by atoms with Crippen molar-refractivity contribution in [2.24, 2.45) is 0 Å². The molecule has 0 aliphatic rings. The van der Waals surface area contributed by atoms with Gasteiger partial charge in [-0.05, 0) is 62.7 Å². The number of amides is 2. The lowest BCUT2D eigenvalue weighted by atomic mass is 10.0. The van der Waals surface area contributed by atoms with Crippen LogP contribution in [0.2, 0.25) is 0 Å². The number of hydrogen-bond donors (Lipinski definition) is 2. The number of nitrogens with one attached hydrogen (secondary N) is 2. The van der Waals surface area contributed by atoms with Crippen LogP contribution in [-0.4, -0.2) is 23.9 Å². The molecule has 1 unspecified atom stereocenters. The van der Waals surface area contributed by atoms with E-state index in [1.165, 1.54) is 0 Å². The van der Waals surface area contributed by atoms with Gasteiger partial charge in [-0.25, -0.2) is 0 Å². The molecule has 0 fully saturated rings. The van der Waals surface area contributed by atoms with E-state index >= 15 is 0 Å². The summed E-state index contributed by atoms with van der Waals surface area (Å²) in [5, 5.41) is 5.74. The fourth-order valence-corrected chi connectivity index (χ4v) is 3.27. The van der Waals surface area contributed by atoms with E-state index < -0.39 is 6.04 Å². The van der Waals surface area contributed by atoms with Gasteiger partial charge < -0.3 is 15.4 Å². The zero-order chi connectivity index (χ0) is 23.8. The van der Waals surface area contributed by atoms with Crippen molar-refractivity contribution in [3.8, 4) is 0 Å². The van der Waals surface area contributed by atoms with Gasteiger partial charge >= 0.3 is 5.97 Å². The third-order valence-corrected chi connectivity index (χ3v) is 4.96. The molecule has 0 saturated heterocycles. The first-order chi connectivity index (χ1) is 15.8. The molecule has 0 aromatic heterocycles. The second-order valence-electron chi connectivity index (χ2n) is 8.08. The van der Waals surface area contributed by atoms with Crippen LogP contribution in [0.4, 0.5) is 5.69 Å². The van der Waals surface area contributed by atoms with Crippen LogP contribution < -0.4 is 10.6 Å². The highest BCUT2D eigenvalue weighted by Crippen LogP contribution is 2.20. The molecular weight excluding hydrogens is 416 g/mol. The Kier molecular flexibility index (Phi) is 7.97. The van der Waals surface area contributed by atoms with E-state index in [4.69, 9.17) is 4.74 Å². The number of aryl methyl sites for hydroxylation is 1. The molecule has 0 saturated carbocycles. The number of carbonyl (C=O) groups excluding carboxylic acids is 3. The van der Waals surface area contributed by atoms with Crippen LogP contribution in [0, 0.1) is 6.92 Å². The van der Waals surface area contributed by atoms with Gasteiger partial charge in [0.1, 0.15) is 0 Å². The third kappa shape index (κ3) is 7.04. The number of ether oxygens (including phenoxy) is 1. The Bertz CT molecular complexity index is 1090. The summed E-state index contributed by atoms with van der Waals surface area (Å²) < 4.78 is 5.27. The number of carbonyl (C=O) groups is 3. The normalized spacial score (nSPS) is 11.5. The number of rotatable bonds is 8. The molecule has 170 valence electrons. The van der Waals surface area contributed by atoms with Crippen molar-refractivity contribution in [3.05, 3.63) is 101 Å². The number of anilines is 1. The highest BCUT2D eigenvalue weighted by atomic mass is 16.5. The molecule has 0 aliphatic carbocycles. The summed E-state index contributed by atoms with van der Waals surface area (Å²) in [5.41, 5.74) is 3.45. The smallest absolute Gasteiger partial charge is 0.308 e. The first kappa shape index (κ1) is 23.7. The van der Waals surface area contributed by atoms with Gasteiger partial charge in [0.2, 0.25) is 0 Å². The summed E-state index contributed by atoms with van der Waals surface area (Å²) in [6.07, 6.45) is -0.205. The molecule has 6 nitrogen and oxygen atoms in total. The first-order valence-electron chi connectivity index (χ1n) is 10.8. The second kappa shape index (κ2) is 11.1. The topological polar surface area (TPSA) is 84.5 Å². The van der Waals surface area contributed by atoms with Gasteiger partial charge in [-0.1, -0.05) is 48.0 Å². The molecule has 0 heterocycles. The van der Waals surface area contributed by atoms with Crippen molar-refractivity contribution in [1.82, 2.24) is 5.32 Å². The molecule has 6 heteroatoms. The quantitative estimate of drug-likeness (QED) is 0.476. The summed E-state index contributed by atoms with van der Waals surface area (Å²) in [6.45, 7) is 5.55. The van der Waals surface area contributed by atoms with Crippen LogP contribution in [0.25, 0.3) is 0 Å². The Hall–Kier alpha value is -3.93. The van der Waals surface area contributed by atoms with Gasteiger partial charge in [-0.2, -0.15) is 0 Å². The minimum absolute atomic E-state index is 0.0260. The van der Waals surface area contributed by atoms with Gasteiger partial charge in [0.25, 0.3) is 11.8 Å². The molecule has 0 radical (unpaired) electrons. The Balaban J connectivity index is 1.69. The van der Waals surface area contributed by atoms with E-state index in [-0.39, 0.29) is 30.3 Å². The molecule has 3 aromatic carbocycles. The maximum atomic E-state index is 12.9. The van der Waals surface area contributed by atoms with Gasteiger partial charge in [0.05, 0.1) is 18.6 Å². The van der Waals surface area contributed by atoms with E-state index in [9.17, 15) is 14.4 Å². The van der Waals surface area contributed by atoms with E-state index in [1.807, 2.05) is 37.3 Å². The predicted octanol–water partition coefficient (Wildman–Crippen LogP) is 5.06. The summed E-state index contributed by atoms with van der Waals surface area (Å²) >= 11 is 0. The zero-order valence-corrected chi connectivity index (χ0v) is 19.0. The lowest BCUT2D eigenvalue weighted by Crippen LogP contribution is -2.31. The third-order valence-electron chi connectivity index (χ3n) is 4.96. The van der Waals surface area contributed by atoms with Crippen molar-refractivity contribution in [2.75, 3.05) is 5.32 Å². The fraction of sp³-hybridized carbons (Fsp3) is 0.222. The van der Waals surface area contributed by atoms with Gasteiger partial charge in [0, 0.05) is 16.8 Å². The Morgan fingerprint density at radius 1 is 0.788 bits per heavy atom. The standard InChI is InChI=1S/C27H28N2O4/c1-18(2)33-25(30)17-24(20-11-9-19(3)10-12-20)29-27(32)22-13-15-23(16-14-22)28-26(31)21-7-5-4-6-8-21/h4-16,18,24H,17H2,1-3H3,(H,28,31)(H,29,32). The molecule has 0 bridgehead atoms. The van der Waals surface area contributed by atoms with Crippen LogP contribution in [0.1, 0.15) is 58.2 Å². The Morgan fingerprint density at radius 2 is 1.39 bits per heavy atom. The minimum Gasteiger partial charge on any atom is -0.463 e. The maximum Gasteiger partial charge on any atom is 0.308 e. The molecule has 0 aliphatic heterocycles. The van der Waals surface area contributed by atoms with Crippen LogP contribution >= 0.6 is 0 Å². The SMILES string of the molecule is Cc1ccc(C(CC(=O)OC(C)C)NC(=O)c2ccc(NC(=O)c3ccccc3)cc2)cc1. The molecule has 33 heavy (non-hydrogen) atoms. The highest BCUT2D eigenvalue weighted by Gasteiger charge is 2.21. The van der Waals surface area contributed by atoms with Gasteiger partial charge in [0.15, 0.2) is 0 Å². The second-order valence-corrected chi connectivity index (χ2v) is 8.08. The van der Waals surface area contributed by atoms with Crippen molar-refractivity contribution in [2.45, 2.75) is 39.3 Å². The van der Waals surface area contributed by atoms with Crippen molar-refractivity contribution < 1.29 is 19.1 Å². The monoisotopic (exact) mass is 444 g/mol. The molecule has 3 rings (SSSR count).